The molecule has 0 saturated carbocycles. The van der Waals surface area contributed by atoms with E-state index in [0.717, 1.165) is 62.7 Å². The Morgan fingerprint density at radius 1 is 0.696 bits per heavy atom. The summed E-state index contributed by atoms with van der Waals surface area (Å²) in [5.74, 6) is -1.07. The molecule has 250 valence electrons. The Bertz CT molecular complexity index is 1330. The molecule has 6 nitrogen and oxygen atoms in total. The van der Waals surface area contributed by atoms with Crippen LogP contribution in [0.5, 0.6) is 11.5 Å². The molecule has 46 heavy (non-hydrogen) atoms. The molecule has 0 aromatic heterocycles. The molecule has 0 amide bonds. The molecule has 0 aliphatic rings. The van der Waals surface area contributed by atoms with E-state index in [0.29, 0.717) is 31.8 Å². The molecule has 3 rings (SSSR count). The predicted molar refractivity (Wildman–Crippen MR) is 172 cm³/mol. The number of halogens is 3. The third kappa shape index (κ3) is 12.5. The van der Waals surface area contributed by atoms with Gasteiger partial charge in [0.25, 0.3) is 0 Å². The molecule has 0 heterocycles. The fraction of sp³-hybridized carbons (Fsp3) is 0.459. The van der Waals surface area contributed by atoms with Crippen LogP contribution < -0.4 is 9.47 Å². The number of ether oxygens (including phenoxy) is 4. The van der Waals surface area contributed by atoms with E-state index >= 15 is 0 Å². The third-order valence-electron chi connectivity index (χ3n) is 7.37. The van der Waals surface area contributed by atoms with Crippen LogP contribution in [-0.2, 0) is 9.47 Å². The third-order valence-corrected chi connectivity index (χ3v) is 7.37. The SMILES string of the molecule is CCCCCC[C@@H](OC(=O)c1ccc(OC(=O)c2ccc(-c3ccccc3)c(OCCCCOCCCCC)c2)cc1)C(F)(F)F. The van der Waals surface area contributed by atoms with Crippen molar-refractivity contribution in [2.45, 2.75) is 90.3 Å². The highest BCUT2D eigenvalue weighted by atomic mass is 19.4. The summed E-state index contributed by atoms with van der Waals surface area (Å²) in [4.78, 5) is 25.5. The lowest BCUT2D eigenvalue weighted by Gasteiger charge is -2.20. The second-order valence-electron chi connectivity index (χ2n) is 11.2. The first-order valence-corrected chi connectivity index (χ1v) is 16.2. The summed E-state index contributed by atoms with van der Waals surface area (Å²) in [6.07, 6.45) is 0.567. The molecule has 0 aliphatic heterocycles. The van der Waals surface area contributed by atoms with Gasteiger partial charge >= 0.3 is 18.1 Å². The molecule has 0 fully saturated rings. The van der Waals surface area contributed by atoms with E-state index in [-0.39, 0.29) is 23.3 Å². The number of rotatable bonds is 20. The Morgan fingerprint density at radius 2 is 1.33 bits per heavy atom. The summed E-state index contributed by atoms with van der Waals surface area (Å²) in [7, 11) is 0. The Morgan fingerprint density at radius 3 is 2.00 bits per heavy atom. The number of carbonyl (C=O) groups excluding carboxylic acids is 2. The van der Waals surface area contributed by atoms with Crippen molar-refractivity contribution in [3.8, 4) is 22.6 Å². The maximum absolute atomic E-state index is 13.4. The molecule has 1 atom stereocenters. The van der Waals surface area contributed by atoms with Gasteiger partial charge in [-0.25, -0.2) is 9.59 Å². The highest BCUT2D eigenvalue weighted by molar-refractivity contribution is 5.93. The van der Waals surface area contributed by atoms with Crippen molar-refractivity contribution in [3.63, 3.8) is 0 Å². The lowest BCUT2D eigenvalue weighted by atomic mass is 10.0. The molecular weight excluding hydrogens is 597 g/mol. The van der Waals surface area contributed by atoms with Crippen LogP contribution in [-0.4, -0.2) is 44.0 Å². The lowest BCUT2D eigenvalue weighted by Crippen LogP contribution is -2.33. The highest BCUT2D eigenvalue weighted by Crippen LogP contribution is 2.32. The van der Waals surface area contributed by atoms with Gasteiger partial charge in [0.1, 0.15) is 11.5 Å². The van der Waals surface area contributed by atoms with Crippen molar-refractivity contribution >= 4 is 11.9 Å². The standard InChI is InChI=1S/C37H45F3O6/c1-3-5-7-11-17-34(37(38,39)40)46-35(41)29-18-21-31(22-19-29)45-36(42)30-20-23-32(28-15-9-8-10-16-28)33(27-30)44-26-14-13-25-43-24-12-6-4-2/h8-10,15-16,18-23,27,34H,3-7,11-14,17,24-26H2,1-2H3/t34-/m1/s1. The first-order chi connectivity index (χ1) is 22.2. The molecular formula is C37H45F3O6. The molecule has 0 unspecified atom stereocenters. The fourth-order valence-corrected chi connectivity index (χ4v) is 4.74. The second kappa shape index (κ2) is 19.6. The Labute approximate surface area is 270 Å². The van der Waals surface area contributed by atoms with E-state index in [2.05, 4.69) is 6.92 Å². The van der Waals surface area contributed by atoms with Gasteiger partial charge in [-0.15, -0.1) is 0 Å². The van der Waals surface area contributed by atoms with E-state index in [1.165, 1.54) is 24.3 Å². The minimum atomic E-state index is -4.65. The minimum Gasteiger partial charge on any atom is -0.493 e. The zero-order chi connectivity index (χ0) is 33.2. The topological polar surface area (TPSA) is 71.1 Å². The van der Waals surface area contributed by atoms with Gasteiger partial charge in [0.05, 0.1) is 17.7 Å². The molecule has 0 saturated heterocycles. The van der Waals surface area contributed by atoms with Gasteiger partial charge in [-0.2, -0.15) is 13.2 Å². The summed E-state index contributed by atoms with van der Waals surface area (Å²) in [5.41, 5.74) is 1.96. The van der Waals surface area contributed by atoms with Gasteiger partial charge in [-0.1, -0.05) is 76.3 Å². The van der Waals surface area contributed by atoms with E-state index in [1.807, 2.05) is 37.3 Å². The van der Waals surface area contributed by atoms with Gasteiger partial charge in [0, 0.05) is 18.8 Å². The maximum atomic E-state index is 13.4. The normalized spacial score (nSPS) is 12.0. The van der Waals surface area contributed by atoms with Gasteiger partial charge in [-0.05, 0) is 80.1 Å². The van der Waals surface area contributed by atoms with Crippen LogP contribution in [0.2, 0.25) is 0 Å². The lowest BCUT2D eigenvalue weighted by molar-refractivity contribution is -0.206. The molecule has 3 aromatic rings. The predicted octanol–water partition coefficient (Wildman–Crippen LogP) is 10.00. The number of alkyl halides is 3. The molecule has 0 aliphatic carbocycles. The number of esters is 2. The quantitative estimate of drug-likeness (QED) is 0.0694. The van der Waals surface area contributed by atoms with Crippen LogP contribution in [0.25, 0.3) is 11.1 Å². The average Bonchev–Trinajstić information content (AvgIpc) is 3.05. The number of hydrogen-bond acceptors (Lipinski definition) is 6. The van der Waals surface area contributed by atoms with Crippen LogP contribution in [0.3, 0.4) is 0 Å². The number of hydrogen-bond donors (Lipinski definition) is 0. The van der Waals surface area contributed by atoms with Crippen molar-refractivity contribution in [1.29, 1.82) is 0 Å². The van der Waals surface area contributed by atoms with Crippen LogP contribution in [0, 0.1) is 0 Å². The summed E-state index contributed by atoms with van der Waals surface area (Å²) in [5, 5.41) is 0. The monoisotopic (exact) mass is 642 g/mol. The van der Waals surface area contributed by atoms with Crippen molar-refractivity contribution < 1.29 is 41.7 Å². The Kier molecular flexibility index (Phi) is 15.6. The first kappa shape index (κ1) is 36.6. The van der Waals surface area contributed by atoms with Gasteiger partial charge in [-0.3, -0.25) is 0 Å². The van der Waals surface area contributed by atoms with E-state index in [9.17, 15) is 22.8 Å². The van der Waals surface area contributed by atoms with Crippen molar-refractivity contribution in [2.75, 3.05) is 19.8 Å². The largest absolute Gasteiger partial charge is 0.493 e. The summed E-state index contributed by atoms with van der Waals surface area (Å²) in [6, 6.07) is 20.0. The van der Waals surface area contributed by atoms with Crippen LogP contribution in [0.4, 0.5) is 13.2 Å². The van der Waals surface area contributed by atoms with E-state index < -0.39 is 24.2 Å². The van der Waals surface area contributed by atoms with E-state index in [4.69, 9.17) is 18.9 Å². The van der Waals surface area contributed by atoms with Crippen molar-refractivity contribution in [2.24, 2.45) is 0 Å². The molecule has 3 aromatic carbocycles. The second-order valence-corrected chi connectivity index (χ2v) is 11.2. The molecule has 0 radical (unpaired) electrons. The van der Waals surface area contributed by atoms with Gasteiger partial charge < -0.3 is 18.9 Å². The maximum Gasteiger partial charge on any atom is 0.425 e. The van der Waals surface area contributed by atoms with Crippen LogP contribution in [0.1, 0.15) is 98.8 Å². The van der Waals surface area contributed by atoms with Crippen molar-refractivity contribution in [1.82, 2.24) is 0 Å². The smallest absolute Gasteiger partial charge is 0.425 e. The van der Waals surface area contributed by atoms with Gasteiger partial charge in [0.2, 0.25) is 0 Å². The molecule has 9 heteroatoms. The van der Waals surface area contributed by atoms with Gasteiger partial charge in [0.15, 0.2) is 6.10 Å². The Balaban J connectivity index is 1.61. The number of benzene rings is 3. The zero-order valence-corrected chi connectivity index (χ0v) is 26.8. The summed E-state index contributed by atoms with van der Waals surface area (Å²) in [6.45, 7) is 6.00. The first-order valence-electron chi connectivity index (χ1n) is 16.2. The summed E-state index contributed by atoms with van der Waals surface area (Å²) < 4.78 is 62.4. The van der Waals surface area contributed by atoms with Crippen molar-refractivity contribution in [3.05, 3.63) is 83.9 Å². The average molecular weight is 643 g/mol. The Hall–Kier alpha value is -3.85. The van der Waals surface area contributed by atoms with E-state index in [1.54, 1.807) is 18.2 Å². The van der Waals surface area contributed by atoms with Crippen LogP contribution >= 0.6 is 0 Å². The molecule has 0 bridgehead atoms. The molecule has 0 N–H and O–H groups in total. The zero-order valence-electron chi connectivity index (χ0n) is 26.8. The number of unbranched alkanes of at least 4 members (excludes halogenated alkanes) is 6. The molecule has 0 spiro atoms. The highest BCUT2D eigenvalue weighted by Gasteiger charge is 2.42. The van der Waals surface area contributed by atoms with Crippen LogP contribution in [0.15, 0.2) is 72.8 Å². The summed E-state index contributed by atoms with van der Waals surface area (Å²) >= 11 is 0. The number of carbonyl (C=O) groups is 2. The minimum absolute atomic E-state index is 0.0723. The fourth-order valence-electron chi connectivity index (χ4n) is 4.74.